The second-order valence-corrected chi connectivity index (χ2v) is 19.1. The molecule has 5 atom stereocenters. The normalized spacial score (nSPS) is 12.9. The predicted octanol–water partition coefficient (Wildman–Crippen LogP) is -0.0896. The van der Waals surface area contributed by atoms with Gasteiger partial charge in [-0.15, -0.1) is 0 Å². The zero-order valence-corrected chi connectivity index (χ0v) is 45.7. The van der Waals surface area contributed by atoms with E-state index in [0.717, 1.165) is 0 Å². The molecule has 28 nitrogen and oxygen atoms in total. The third kappa shape index (κ3) is 20.4. The first kappa shape index (κ1) is 64.7. The van der Waals surface area contributed by atoms with Gasteiger partial charge in [0, 0.05) is 85.7 Å². The van der Waals surface area contributed by atoms with E-state index in [1.165, 1.54) is 82.0 Å². The number of rotatable bonds is 35. The third-order valence-electron chi connectivity index (χ3n) is 12.4. The summed E-state index contributed by atoms with van der Waals surface area (Å²) in [6.45, 7) is 1.03. The number of fused-ring (bicyclic) bond motifs is 2. The van der Waals surface area contributed by atoms with Crippen LogP contribution in [0.2, 0.25) is 0 Å². The number of carbonyl (C=O) groups excluding carboxylic acids is 8. The molecule has 3 aromatic rings. The number of H-pyrrole nitrogens is 1. The number of unbranched alkanes of at least 4 members (excludes halogenated alkanes) is 2. The van der Waals surface area contributed by atoms with Gasteiger partial charge in [0.15, 0.2) is 11.2 Å². The van der Waals surface area contributed by atoms with Crippen LogP contribution in [0, 0.1) is 0 Å². The van der Waals surface area contributed by atoms with E-state index in [-0.39, 0.29) is 110 Å². The number of aromatic hydroxyl groups is 1. The number of carboxylic acids is 2. The lowest BCUT2D eigenvalue weighted by molar-refractivity contribution is -0.138. The molecule has 1 aliphatic heterocycles. The highest BCUT2D eigenvalue weighted by atomic mass is 16.5. The van der Waals surface area contributed by atoms with Crippen LogP contribution in [0.15, 0.2) is 76.3 Å². The Morgan fingerprint density at radius 2 is 1.39 bits per heavy atom. The summed E-state index contributed by atoms with van der Waals surface area (Å²) >= 11 is 0. The van der Waals surface area contributed by atoms with E-state index >= 15 is 0 Å². The monoisotopic (exact) mass is 1160 g/mol. The fourth-order valence-electron chi connectivity index (χ4n) is 8.45. The number of amides is 7. The number of imidazole rings is 1. The number of nitrogens with zero attached hydrogens (tertiary/aromatic N) is 1. The van der Waals surface area contributed by atoms with Gasteiger partial charge < -0.3 is 81.3 Å². The van der Waals surface area contributed by atoms with Crippen molar-refractivity contribution in [2.24, 2.45) is 0 Å². The molecular weight excluding hydrogens is 1090 g/mol. The molecule has 2 heterocycles. The van der Waals surface area contributed by atoms with Crippen LogP contribution >= 0.6 is 0 Å². The fraction of sp³-hybridized carbons (Fsp3) is 0.418. The molecule has 83 heavy (non-hydrogen) atoms. The van der Waals surface area contributed by atoms with Gasteiger partial charge in [-0.25, -0.2) is 9.78 Å². The highest BCUT2D eigenvalue weighted by molar-refractivity contribution is 6.09. The Bertz CT molecular complexity index is 3130. The lowest BCUT2D eigenvalue weighted by Gasteiger charge is -2.26. The van der Waals surface area contributed by atoms with E-state index in [1.807, 2.05) is 0 Å². The average Bonchev–Trinajstić information content (AvgIpc) is 2.04. The molecule has 0 fully saturated rings. The maximum atomic E-state index is 13.7. The Kier molecular flexibility index (Phi) is 25.2. The van der Waals surface area contributed by atoms with Gasteiger partial charge in [0.05, 0.1) is 31.2 Å². The van der Waals surface area contributed by atoms with Crippen molar-refractivity contribution in [3.8, 4) is 28.2 Å². The summed E-state index contributed by atoms with van der Waals surface area (Å²) in [5.41, 5.74) is 1.12. The van der Waals surface area contributed by atoms with E-state index in [4.69, 9.17) is 18.6 Å². The Labute approximate surface area is 474 Å². The molecule has 446 valence electrons. The summed E-state index contributed by atoms with van der Waals surface area (Å²) < 4.78 is 21.3. The number of ether oxygens (including phenoxy) is 3. The number of methoxy groups -OCH3 is 1. The lowest BCUT2D eigenvalue weighted by atomic mass is 9.89. The van der Waals surface area contributed by atoms with E-state index < -0.39 is 96.6 Å². The quantitative estimate of drug-likeness (QED) is 0.0186. The number of aliphatic hydroxyl groups is 1. The SMILES string of the molecule is COCC(=O)N[C@H](CCCCCNC(=O)c1ccc(C(=O)O)c(-c2c3ccc(=O)cc-3oc3cc(O)ccc23)c1)C(=O)NCCOCC(=O)N[C@@H](C(=O)N[C@H](Cc1cnc[nH]1)C(=O)N[C@H](CCC(=O)O)C(=O)NCCOCC(C)=O)[C@H](C)O. The maximum absolute atomic E-state index is 13.7. The van der Waals surface area contributed by atoms with Gasteiger partial charge in [-0.05, 0) is 81.1 Å². The number of nitrogens with one attached hydrogen (secondary N) is 8. The molecule has 0 spiro atoms. The molecule has 1 aromatic heterocycles. The molecule has 1 aliphatic carbocycles. The number of aromatic amines is 1. The van der Waals surface area contributed by atoms with Crippen molar-refractivity contribution in [2.75, 3.05) is 59.8 Å². The number of phenolic OH excluding ortho intramolecular Hbond substituents is 1. The second-order valence-electron chi connectivity index (χ2n) is 19.1. The van der Waals surface area contributed by atoms with Crippen molar-refractivity contribution in [2.45, 2.75) is 89.1 Å². The number of aromatic carboxylic acids is 1. The predicted molar refractivity (Wildman–Crippen MR) is 293 cm³/mol. The van der Waals surface area contributed by atoms with E-state index in [2.05, 4.69) is 47.2 Å². The molecule has 0 saturated heterocycles. The fourth-order valence-corrected chi connectivity index (χ4v) is 8.45. The van der Waals surface area contributed by atoms with Gasteiger partial charge in [-0.2, -0.15) is 0 Å². The van der Waals surface area contributed by atoms with Gasteiger partial charge in [0.25, 0.3) is 5.91 Å². The van der Waals surface area contributed by atoms with Crippen LogP contribution < -0.4 is 42.6 Å². The Hall–Kier alpha value is -9.12. The Morgan fingerprint density at radius 3 is 2.04 bits per heavy atom. The number of hydrogen-bond acceptors (Lipinski definition) is 18. The van der Waals surface area contributed by atoms with Gasteiger partial charge >= 0.3 is 11.9 Å². The van der Waals surface area contributed by atoms with Gasteiger partial charge in [0.2, 0.25) is 35.4 Å². The van der Waals surface area contributed by atoms with Crippen LogP contribution in [-0.2, 0) is 59.0 Å². The molecule has 0 radical (unpaired) electrons. The van der Waals surface area contributed by atoms with Crippen molar-refractivity contribution in [3.05, 3.63) is 94.2 Å². The van der Waals surface area contributed by atoms with Crippen LogP contribution in [0.25, 0.3) is 33.4 Å². The highest BCUT2D eigenvalue weighted by Crippen LogP contribution is 2.42. The number of phenols is 1. The first-order chi connectivity index (χ1) is 39.6. The number of aromatic nitrogens is 2. The summed E-state index contributed by atoms with van der Waals surface area (Å²) in [6.07, 6.45) is 1.59. The number of ketones is 1. The summed E-state index contributed by atoms with van der Waals surface area (Å²) in [7, 11) is 1.30. The van der Waals surface area contributed by atoms with Crippen LogP contribution in [0.3, 0.4) is 0 Å². The van der Waals surface area contributed by atoms with Crippen LogP contribution in [0.1, 0.15) is 78.8 Å². The number of hydrogen-bond donors (Lipinski definition) is 12. The number of carboxylic acid groups (broad SMARTS) is 2. The molecule has 7 amide bonds. The topological polar surface area (TPSA) is 422 Å². The van der Waals surface area contributed by atoms with Crippen molar-refractivity contribution in [1.29, 1.82) is 0 Å². The summed E-state index contributed by atoms with van der Waals surface area (Å²) in [4.78, 5) is 147. The molecule has 0 unspecified atom stereocenters. The highest BCUT2D eigenvalue weighted by Gasteiger charge is 2.33. The number of carbonyl (C=O) groups is 10. The largest absolute Gasteiger partial charge is 0.508 e. The van der Waals surface area contributed by atoms with Crippen LogP contribution in [0.4, 0.5) is 0 Å². The smallest absolute Gasteiger partial charge is 0.336 e. The number of benzene rings is 3. The molecule has 0 bridgehead atoms. The van der Waals surface area contributed by atoms with Crippen LogP contribution in [-0.4, -0.2) is 180 Å². The van der Waals surface area contributed by atoms with Gasteiger partial charge in [0.1, 0.15) is 61.1 Å². The first-order valence-corrected chi connectivity index (χ1v) is 26.3. The van der Waals surface area contributed by atoms with E-state index in [0.29, 0.717) is 41.5 Å². The zero-order chi connectivity index (χ0) is 60.6. The third-order valence-corrected chi connectivity index (χ3v) is 12.4. The van der Waals surface area contributed by atoms with Crippen molar-refractivity contribution in [3.63, 3.8) is 0 Å². The minimum absolute atomic E-state index is 0.0529. The zero-order valence-electron chi connectivity index (χ0n) is 45.7. The van der Waals surface area contributed by atoms with E-state index in [1.54, 1.807) is 6.07 Å². The number of aliphatic hydroxyl groups excluding tert-OH is 1. The first-order valence-electron chi connectivity index (χ1n) is 26.3. The minimum Gasteiger partial charge on any atom is -0.508 e. The maximum Gasteiger partial charge on any atom is 0.336 e. The number of aliphatic carboxylic acids is 1. The van der Waals surface area contributed by atoms with Crippen molar-refractivity contribution in [1.82, 2.24) is 47.2 Å². The molecular formula is C55H67N9O19. The number of Topliss-reactive ketones (excluding diaryl/α,β-unsaturated/α-hetero) is 1. The van der Waals surface area contributed by atoms with Gasteiger partial charge in [-0.1, -0.05) is 12.8 Å². The second kappa shape index (κ2) is 32.4. The summed E-state index contributed by atoms with van der Waals surface area (Å²) in [5.74, 6) is -8.01. The molecule has 5 rings (SSSR count). The average molecular weight is 1160 g/mol. The van der Waals surface area contributed by atoms with Gasteiger partial charge in [-0.3, -0.25) is 47.9 Å². The van der Waals surface area contributed by atoms with Crippen molar-refractivity contribution >= 4 is 70.0 Å². The van der Waals surface area contributed by atoms with Crippen molar-refractivity contribution < 1.29 is 87.0 Å². The Balaban J connectivity index is 1.10. The molecule has 12 N–H and O–H groups in total. The molecule has 2 aromatic carbocycles. The molecule has 28 heteroatoms. The minimum atomic E-state index is -1.64. The summed E-state index contributed by atoms with van der Waals surface area (Å²) in [6, 6.07) is 6.91. The standard InChI is InChI=1S/C55H67N9O19/c1-30(65)26-81-19-17-59-52(75)41(14-15-47(71)72)62-53(76)42(22-33-25-56-29-60-33)63-54(77)49(31(2)66)64-46(70)28-82-20-18-58-51(74)40(61-45(69)27-80-3)7-5-4-6-16-57-50(73)32-8-11-36(55(78)79)39(21-32)48-37-12-9-34(67)23-43(37)83-44-24-35(68)10-13-38(44)48/h8-13,21,23-25,29,31,40-42,49,66-67H,4-7,14-20,22,26-28H2,1-3H3,(H,56,60)(H,57,73)(H,58,74)(H,59,75)(H,61,69)(H,62,76)(H,63,77)(H,64,70)(H,71,72)(H,78,79)/t31-,40+,41+,42+,49+/m0/s1. The molecule has 2 aliphatic rings. The van der Waals surface area contributed by atoms with Crippen LogP contribution in [0.5, 0.6) is 5.75 Å². The Morgan fingerprint density at radius 1 is 0.699 bits per heavy atom. The summed E-state index contributed by atoms with van der Waals surface area (Å²) in [5, 5.41) is 58.4. The molecule has 0 saturated carbocycles. The van der Waals surface area contributed by atoms with E-state index in [9.17, 15) is 73.2 Å². The lowest BCUT2D eigenvalue weighted by Crippen LogP contribution is -2.59.